The topological polar surface area (TPSA) is 46.3 Å². The van der Waals surface area contributed by atoms with Crippen molar-refractivity contribution in [2.24, 2.45) is 0 Å². The maximum atomic E-state index is 4.37. The number of anilines is 1. The summed E-state index contributed by atoms with van der Waals surface area (Å²) in [5, 5.41) is 9.06. The zero-order valence-electron chi connectivity index (χ0n) is 9.88. The molecule has 2 heterocycles. The highest BCUT2D eigenvalue weighted by Crippen LogP contribution is 2.15. The van der Waals surface area contributed by atoms with Crippen LogP contribution in [0.2, 0.25) is 0 Å². The Morgan fingerprint density at radius 2 is 2.24 bits per heavy atom. The molecule has 0 aliphatic rings. The Bertz CT molecular complexity index is 470. The van der Waals surface area contributed by atoms with E-state index < -0.39 is 0 Å². The maximum absolute atomic E-state index is 4.37. The Morgan fingerprint density at radius 1 is 1.35 bits per heavy atom. The Hall–Kier alpha value is -1.17. The first kappa shape index (κ1) is 12.3. The molecule has 0 fully saturated rings. The largest absolute Gasteiger partial charge is 0.357 e. The van der Waals surface area contributed by atoms with E-state index in [2.05, 4.69) is 36.0 Å². The van der Waals surface area contributed by atoms with Gasteiger partial charge in [0.1, 0.15) is 6.33 Å². The number of unbranched alkanes of at least 4 members (excludes halogenated alkanes) is 2. The molecular weight excluding hydrogens is 282 g/mol. The Balaban J connectivity index is 2.03. The van der Waals surface area contributed by atoms with Crippen LogP contribution in [0, 0.1) is 0 Å². The maximum Gasteiger partial charge on any atom is 0.203 e. The van der Waals surface area contributed by atoms with Gasteiger partial charge in [-0.05, 0) is 12.8 Å². The number of alkyl halides is 1. The SMILES string of the molecule is CN(CCCCCBr)c1nccn2cnnc12. The molecule has 0 aliphatic heterocycles. The second-order valence-electron chi connectivity index (χ2n) is 3.98. The van der Waals surface area contributed by atoms with Crippen molar-refractivity contribution in [2.45, 2.75) is 19.3 Å². The van der Waals surface area contributed by atoms with Gasteiger partial charge in [-0.25, -0.2) is 4.98 Å². The van der Waals surface area contributed by atoms with E-state index in [1.807, 2.05) is 17.6 Å². The van der Waals surface area contributed by atoms with Crippen molar-refractivity contribution in [3.05, 3.63) is 18.7 Å². The monoisotopic (exact) mass is 297 g/mol. The fourth-order valence-corrected chi connectivity index (χ4v) is 2.14. The van der Waals surface area contributed by atoms with Gasteiger partial charge in [0, 0.05) is 31.3 Å². The van der Waals surface area contributed by atoms with Crippen LogP contribution in [0.25, 0.3) is 5.65 Å². The predicted octanol–water partition coefficient (Wildman–Crippen LogP) is 2.13. The average Bonchev–Trinajstić information content (AvgIpc) is 2.82. The van der Waals surface area contributed by atoms with Crippen LogP contribution in [0.1, 0.15) is 19.3 Å². The van der Waals surface area contributed by atoms with Gasteiger partial charge in [-0.1, -0.05) is 22.4 Å². The molecule has 0 saturated carbocycles. The van der Waals surface area contributed by atoms with E-state index in [1.165, 1.54) is 19.3 Å². The third-order valence-electron chi connectivity index (χ3n) is 2.69. The summed E-state index contributed by atoms with van der Waals surface area (Å²) in [4.78, 5) is 6.51. The van der Waals surface area contributed by atoms with E-state index in [-0.39, 0.29) is 0 Å². The van der Waals surface area contributed by atoms with Crippen LogP contribution < -0.4 is 4.90 Å². The van der Waals surface area contributed by atoms with Gasteiger partial charge >= 0.3 is 0 Å². The van der Waals surface area contributed by atoms with Gasteiger partial charge in [0.15, 0.2) is 5.82 Å². The summed E-state index contributed by atoms with van der Waals surface area (Å²) >= 11 is 3.44. The molecule has 0 radical (unpaired) electrons. The van der Waals surface area contributed by atoms with E-state index in [0.29, 0.717) is 0 Å². The van der Waals surface area contributed by atoms with Crippen molar-refractivity contribution in [1.82, 2.24) is 19.6 Å². The lowest BCUT2D eigenvalue weighted by Gasteiger charge is -2.17. The minimum Gasteiger partial charge on any atom is -0.357 e. The first-order valence-electron chi connectivity index (χ1n) is 5.74. The average molecular weight is 298 g/mol. The predicted molar refractivity (Wildman–Crippen MR) is 71.7 cm³/mol. The van der Waals surface area contributed by atoms with E-state index in [4.69, 9.17) is 0 Å². The van der Waals surface area contributed by atoms with Gasteiger partial charge in [0.05, 0.1) is 0 Å². The number of hydrogen-bond acceptors (Lipinski definition) is 4. The van der Waals surface area contributed by atoms with Gasteiger partial charge in [-0.3, -0.25) is 4.40 Å². The van der Waals surface area contributed by atoms with Crippen molar-refractivity contribution >= 4 is 27.4 Å². The molecule has 0 unspecified atom stereocenters. The molecule has 0 saturated heterocycles. The highest BCUT2D eigenvalue weighted by molar-refractivity contribution is 9.09. The summed E-state index contributed by atoms with van der Waals surface area (Å²) in [7, 11) is 2.05. The van der Waals surface area contributed by atoms with Gasteiger partial charge in [-0.2, -0.15) is 0 Å². The van der Waals surface area contributed by atoms with Crippen molar-refractivity contribution in [3.63, 3.8) is 0 Å². The van der Waals surface area contributed by atoms with Gasteiger partial charge < -0.3 is 4.90 Å². The first-order valence-corrected chi connectivity index (χ1v) is 6.86. The normalized spacial score (nSPS) is 10.9. The minimum atomic E-state index is 0.815. The smallest absolute Gasteiger partial charge is 0.203 e. The second kappa shape index (κ2) is 5.95. The lowest BCUT2D eigenvalue weighted by Crippen LogP contribution is -2.20. The van der Waals surface area contributed by atoms with E-state index >= 15 is 0 Å². The minimum absolute atomic E-state index is 0.815. The molecule has 2 aromatic rings. The summed E-state index contributed by atoms with van der Waals surface area (Å²) in [5.74, 6) is 0.892. The zero-order chi connectivity index (χ0) is 12.1. The Morgan fingerprint density at radius 3 is 3.06 bits per heavy atom. The summed E-state index contributed by atoms with van der Waals surface area (Å²) in [6.07, 6.45) is 8.94. The second-order valence-corrected chi connectivity index (χ2v) is 4.78. The van der Waals surface area contributed by atoms with E-state index in [9.17, 15) is 0 Å². The lowest BCUT2D eigenvalue weighted by atomic mass is 10.2. The molecular formula is C11H16BrN5. The lowest BCUT2D eigenvalue weighted by molar-refractivity contribution is 0.707. The molecule has 0 aromatic carbocycles. The number of aromatic nitrogens is 4. The molecule has 0 aliphatic carbocycles. The highest BCUT2D eigenvalue weighted by atomic mass is 79.9. The molecule has 0 spiro atoms. The quantitative estimate of drug-likeness (QED) is 0.605. The van der Waals surface area contributed by atoms with E-state index in [0.717, 1.165) is 23.3 Å². The number of halogens is 1. The molecule has 2 aromatic heterocycles. The molecule has 5 nitrogen and oxygen atoms in total. The number of rotatable bonds is 6. The van der Waals surface area contributed by atoms with Gasteiger partial charge in [0.25, 0.3) is 0 Å². The Kier molecular flexibility index (Phi) is 4.30. The summed E-state index contributed by atoms with van der Waals surface area (Å²) in [6.45, 7) is 0.993. The van der Waals surface area contributed by atoms with Crippen molar-refractivity contribution in [3.8, 4) is 0 Å². The summed E-state index contributed by atoms with van der Waals surface area (Å²) in [6, 6.07) is 0. The molecule has 92 valence electrons. The van der Waals surface area contributed by atoms with E-state index in [1.54, 1.807) is 12.5 Å². The molecule has 0 bridgehead atoms. The zero-order valence-corrected chi connectivity index (χ0v) is 11.5. The van der Waals surface area contributed by atoms with Crippen LogP contribution in [0.4, 0.5) is 5.82 Å². The molecule has 0 atom stereocenters. The summed E-state index contributed by atoms with van der Waals surface area (Å²) < 4.78 is 1.89. The van der Waals surface area contributed by atoms with Crippen molar-refractivity contribution in [2.75, 3.05) is 23.8 Å². The van der Waals surface area contributed by atoms with Crippen LogP contribution in [0.3, 0.4) is 0 Å². The van der Waals surface area contributed by atoms with Crippen LogP contribution in [0.15, 0.2) is 18.7 Å². The fraction of sp³-hybridized carbons (Fsp3) is 0.545. The highest BCUT2D eigenvalue weighted by Gasteiger charge is 2.09. The number of hydrogen-bond donors (Lipinski definition) is 0. The standard InChI is InChI=1S/C11H16BrN5/c1-16(7-4-2-3-5-12)10-11-15-14-9-17(11)8-6-13-10/h6,8-9H,2-5,7H2,1H3. The molecule has 2 rings (SSSR count). The van der Waals surface area contributed by atoms with Crippen molar-refractivity contribution in [1.29, 1.82) is 0 Å². The molecule has 0 amide bonds. The Labute approximate surface area is 109 Å². The third-order valence-corrected chi connectivity index (χ3v) is 3.25. The number of nitrogens with zero attached hydrogens (tertiary/aromatic N) is 5. The number of fused-ring (bicyclic) bond motifs is 1. The molecule has 6 heteroatoms. The fourth-order valence-electron chi connectivity index (χ4n) is 1.74. The summed E-state index contributed by atoms with van der Waals surface area (Å²) in [5.41, 5.74) is 0.815. The third kappa shape index (κ3) is 2.94. The van der Waals surface area contributed by atoms with Crippen molar-refractivity contribution < 1.29 is 0 Å². The van der Waals surface area contributed by atoms with Gasteiger partial charge in [-0.15, -0.1) is 10.2 Å². The van der Waals surface area contributed by atoms with Gasteiger partial charge in [0.2, 0.25) is 5.65 Å². The first-order chi connectivity index (χ1) is 8.33. The van der Waals surface area contributed by atoms with Crippen LogP contribution in [-0.2, 0) is 0 Å². The molecule has 17 heavy (non-hydrogen) atoms. The molecule has 0 N–H and O–H groups in total. The van der Waals surface area contributed by atoms with Crippen LogP contribution >= 0.6 is 15.9 Å². The van der Waals surface area contributed by atoms with Crippen LogP contribution in [-0.4, -0.2) is 38.5 Å². The van der Waals surface area contributed by atoms with Crippen LogP contribution in [0.5, 0.6) is 0 Å².